The van der Waals surface area contributed by atoms with Crippen molar-refractivity contribution in [2.24, 2.45) is 5.73 Å². The van der Waals surface area contributed by atoms with E-state index in [9.17, 15) is 0 Å². The van der Waals surface area contributed by atoms with Gasteiger partial charge in [-0.2, -0.15) is 4.98 Å². The molecular formula is C16H23N7. The van der Waals surface area contributed by atoms with E-state index in [0.29, 0.717) is 18.4 Å². The van der Waals surface area contributed by atoms with Gasteiger partial charge in [0.25, 0.3) is 0 Å². The van der Waals surface area contributed by atoms with Crippen molar-refractivity contribution in [3.63, 3.8) is 0 Å². The number of pyridine rings is 1. The SMILES string of the molecule is CNc1ccc(Nc2ncc(C3CC3)c(NCCCN)n2)cn1. The van der Waals surface area contributed by atoms with E-state index in [-0.39, 0.29) is 0 Å². The van der Waals surface area contributed by atoms with Crippen LogP contribution in [0.2, 0.25) is 0 Å². The van der Waals surface area contributed by atoms with Crippen LogP contribution in [0.4, 0.5) is 23.3 Å². The third-order valence-corrected chi connectivity index (χ3v) is 3.78. The Morgan fingerprint density at radius 3 is 2.74 bits per heavy atom. The van der Waals surface area contributed by atoms with Gasteiger partial charge in [-0.3, -0.25) is 0 Å². The quantitative estimate of drug-likeness (QED) is 0.555. The lowest BCUT2D eigenvalue weighted by Gasteiger charge is -2.12. The zero-order valence-electron chi connectivity index (χ0n) is 13.3. The lowest BCUT2D eigenvalue weighted by Crippen LogP contribution is -2.12. The summed E-state index contributed by atoms with van der Waals surface area (Å²) in [6.45, 7) is 1.50. The maximum Gasteiger partial charge on any atom is 0.229 e. The lowest BCUT2D eigenvalue weighted by atomic mass is 10.2. The summed E-state index contributed by atoms with van der Waals surface area (Å²) in [5, 5.41) is 9.57. The van der Waals surface area contributed by atoms with Gasteiger partial charge >= 0.3 is 0 Å². The number of anilines is 4. The summed E-state index contributed by atoms with van der Waals surface area (Å²) in [6.07, 6.45) is 7.04. The summed E-state index contributed by atoms with van der Waals surface area (Å²) in [6, 6.07) is 3.85. The van der Waals surface area contributed by atoms with Crippen molar-refractivity contribution < 1.29 is 0 Å². The monoisotopic (exact) mass is 313 g/mol. The van der Waals surface area contributed by atoms with Gasteiger partial charge in [0.15, 0.2) is 0 Å². The van der Waals surface area contributed by atoms with Crippen molar-refractivity contribution >= 4 is 23.3 Å². The average Bonchev–Trinajstić information content (AvgIpc) is 3.41. The predicted molar refractivity (Wildman–Crippen MR) is 93.2 cm³/mol. The molecule has 0 aliphatic heterocycles. The van der Waals surface area contributed by atoms with Crippen LogP contribution in [-0.4, -0.2) is 35.1 Å². The Bertz CT molecular complexity index is 637. The van der Waals surface area contributed by atoms with Crippen LogP contribution in [0.1, 0.15) is 30.7 Å². The van der Waals surface area contributed by atoms with Crippen LogP contribution >= 0.6 is 0 Å². The molecule has 1 aliphatic rings. The fourth-order valence-corrected chi connectivity index (χ4v) is 2.34. The number of rotatable bonds is 8. The van der Waals surface area contributed by atoms with E-state index in [1.165, 1.54) is 18.4 Å². The van der Waals surface area contributed by atoms with E-state index in [2.05, 4.69) is 30.9 Å². The Morgan fingerprint density at radius 2 is 2.09 bits per heavy atom. The first-order valence-electron chi connectivity index (χ1n) is 8.02. The van der Waals surface area contributed by atoms with Gasteiger partial charge < -0.3 is 21.7 Å². The van der Waals surface area contributed by atoms with Crippen LogP contribution < -0.4 is 21.7 Å². The zero-order chi connectivity index (χ0) is 16.1. The summed E-state index contributed by atoms with van der Waals surface area (Å²) in [4.78, 5) is 13.3. The van der Waals surface area contributed by atoms with Crippen molar-refractivity contribution in [3.8, 4) is 0 Å². The van der Waals surface area contributed by atoms with E-state index < -0.39 is 0 Å². The smallest absolute Gasteiger partial charge is 0.229 e. The molecule has 7 heteroatoms. The molecule has 2 heterocycles. The molecule has 5 N–H and O–H groups in total. The van der Waals surface area contributed by atoms with Crippen molar-refractivity contribution in [3.05, 3.63) is 30.1 Å². The van der Waals surface area contributed by atoms with Gasteiger partial charge in [-0.15, -0.1) is 0 Å². The Hall–Kier alpha value is -2.41. The third-order valence-electron chi connectivity index (χ3n) is 3.78. The number of aromatic nitrogens is 3. The molecule has 0 unspecified atom stereocenters. The molecule has 3 rings (SSSR count). The molecule has 0 saturated heterocycles. The first-order valence-corrected chi connectivity index (χ1v) is 8.02. The minimum atomic E-state index is 0.573. The molecule has 1 saturated carbocycles. The fraction of sp³-hybridized carbons (Fsp3) is 0.438. The number of nitrogens with two attached hydrogens (primary N) is 1. The van der Waals surface area contributed by atoms with Gasteiger partial charge in [0.2, 0.25) is 5.95 Å². The molecule has 1 aliphatic carbocycles. The predicted octanol–water partition coefficient (Wildman–Crippen LogP) is 2.29. The topological polar surface area (TPSA) is 101 Å². The lowest BCUT2D eigenvalue weighted by molar-refractivity contribution is 0.865. The molecule has 0 radical (unpaired) electrons. The van der Waals surface area contributed by atoms with Gasteiger partial charge in [0.1, 0.15) is 11.6 Å². The highest BCUT2D eigenvalue weighted by atomic mass is 15.1. The Balaban J connectivity index is 1.74. The highest BCUT2D eigenvalue weighted by molar-refractivity contribution is 5.57. The number of nitrogens with one attached hydrogen (secondary N) is 3. The fourth-order valence-electron chi connectivity index (χ4n) is 2.34. The summed E-state index contributed by atoms with van der Waals surface area (Å²) in [5.74, 6) is 2.91. The molecule has 2 aromatic heterocycles. The van der Waals surface area contributed by atoms with E-state index >= 15 is 0 Å². The van der Waals surface area contributed by atoms with Crippen LogP contribution in [0.25, 0.3) is 0 Å². The minimum Gasteiger partial charge on any atom is -0.373 e. The van der Waals surface area contributed by atoms with E-state index in [1.54, 1.807) is 6.20 Å². The zero-order valence-corrected chi connectivity index (χ0v) is 13.3. The first-order chi connectivity index (χ1) is 11.3. The normalized spacial score (nSPS) is 13.7. The largest absolute Gasteiger partial charge is 0.373 e. The van der Waals surface area contributed by atoms with Crippen molar-refractivity contribution in [1.29, 1.82) is 0 Å². The van der Waals surface area contributed by atoms with Crippen LogP contribution in [0.3, 0.4) is 0 Å². The van der Waals surface area contributed by atoms with Crippen LogP contribution in [0.15, 0.2) is 24.5 Å². The number of hydrogen-bond acceptors (Lipinski definition) is 7. The standard InChI is InChI=1S/C16H23N7/c1-18-14-6-5-12(9-20-14)22-16-21-10-13(11-3-4-11)15(23-16)19-8-2-7-17/h5-6,9-11H,2-4,7-8,17H2,1H3,(H,18,20)(H2,19,21,22,23). The van der Waals surface area contributed by atoms with Gasteiger partial charge in [0, 0.05) is 25.4 Å². The maximum atomic E-state index is 5.56. The number of nitrogens with zero attached hydrogens (tertiary/aromatic N) is 3. The highest BCUT2D eigenvalue weighted by Crippen LogP contribution is 2.42. The molecule has 0 bridgehead atoms. The first kappa shape index (κ1) is 15.5. The molecule has 0 aromatic carbocycles. The Kier molecular flexibility index (Phi) is 4.87. The van der Waals surface area contributed by atoms with Crippen molar-refractivity contribution in [1.82, 2.24) is 15.0 Å². The van der Waals surface area contributed by atoms with E-state index in [1.807, 2.05) is 25.4 Å². The summed E-state index contributed by atoms with van der Waals surface area (Å²) < 4.78 is 0. The molecule has 23 heavy (non-hydrogen) atoms. The molecule has 2 aromatic rings. The van der Waals surface area contributed by atoms with Crippen molar-refractivity contribution in [2.45, 2.75) is 25.2 Å². The second-order valence-electron chi connectivity index (χ2n) is 5.65. The summed E-state index contributed by atoms with van der Waals surface area (Å²) in [5.41, 5.74) is 7.62. The third kappa shape index (κ3) is 4.07. The molecule has 0 spiro atoms. The van der Waals surface area contributed by atoms with Crippen LogP contribution in [0.5, 0.6) is 0 Å². The van der Waals surface area contributed by atoms with E-state index in [4.69, 9.17) is 5.73 Å². The molecule has 0 amide bonds. The molecular weight excluding hydrogens is 290 g/mol. The van der Waals surface area contributed by atoms with E-state index in [0.717, 1.165) is 30.3 Å². The molecule has 122 valence electrons. The van der Waals surface area contributed by atoms with Gasteiger partial charge in [-0.25, -0.2) is 9.97 Å². The van der Waals surface area contributed by atoms with Crippen LogP contribution in [-0.2, 0) is 0 Å². The summed E-state index contributed by atoms with van der Waals surface area (Å²) >= 11 is 0. The maximum absolute atomic E-state index is 5.56. The Morgan fingerprint density at radius 1 is 1.22 bits per heavy atom. The van der Waals surface area contributed by atoms with Gasteiger partial charge in [-0.1, -0.05) is 0 Å². The van der Waals surface area contributed by atoms with Crippen molar-refractivity contribution in [2.75, 3.05) is 36.1 Å². The van der Waals surface area contributed by atoms with Crippen LogP contribution in [0, 0.1) is 0 Å². The molecule has 0 atom stereocenters. The minimum absolute atomic E-state index is 0.573. The second-order valence-corrected chi connectivity index (χ2v) is 5.65. The Labute approximate surface area is 136 Å². The molecule has 1 fully saturated rings. The van der Waals surface area contributed by atoms with Gasteiger partial charge in [0.05, 0.1) is 11.9 Å². The average molecular weight is 313 g/mol. The van der Waals surface area contributed by atoms with Gasteiger partial charge in [-0.05, 0) is 43.9 Å². The highest BCUT2D eigenvalue weighted by Gasteiger charge is 2.27. The number of hydrogen-bond donors (Lipinski definition) is 4. The second kappa shape index (κ2) is 7.23. The summed E-state index contributed by atoms with van der Waals surface area (Å²) in [7, 11) is 1.84. The molecule has 7 nitrogen and oxygen atoms in total.